The number of hydrogen-bond acceptors (Lipinski definition) is 7. The molecule has 0 atom stereocenters. The lowest BCUT2D eigenvalue weighted by molar-refractivity contribution is -0.114. The van der Waals surface area contributed by atoms with Gasteiger partial charge in [0.2, 0.25) is 5.91 Å². The monoisotopic (exact) mass is 541 g/mol. The summed E-state index contributed by atoms with van der Waals surface area (Å²) >= 11 is 1.47. The Balaban J connectivity index is 1.37. The van der Waals surface area contributed by atoms with E-state index in [1.54, 1.807) is 6.20 Å². The second kappa shape index (κ2) is 10.3. The van der Waals surface area contributed by atoms with Crippen LogP contribution in [0.1, 0.15) is 41.4 Å². The van der Waals surface area contributed by atoms with Crippen LogP contribution < -0.4 is 5.32 Å². The van der Waals surface area contributed by atoms with Crippen molar-refractivity contribution in [3.63, 3.8) is 0 Å². The molecule has 1 N–H and O–H groups in total. The standard InChI is InChI=1S/C29H31N7O2S/c1-18(37)31-29-32-24-11-10-23-25(20-5-4-14-30-17-20)33-36(26(23)27(24)39-29)22-8-6-19(7-9-22)28(38)35(3)21-12-15-34(2)16-13-21/h4-9,14,17,21H,10-13,15-16H2,1-3H3,(H,31,32,37). The molecular weight excluding hydrogens is 510 g/mol. The van der Waals surface area contributed by atoms with Crippen molar-refractivity contribution in [2.75, 3.05) is 32.5 Å². The Morgan fingerprint density at radius 2 is 1.87 bits per heavy atom. The number of aryl methyl sites for hydroxylation is 1. The van der Waals surface area contributed by atoms with Crippen LogP contribution in [0.2, 0.25) is 0 Å². The van der Waals surface area contributed by atoms with E-state index in [1.165, 1.54) is 18.3 Å². The third-order valence-corrected chi connectivity index (χ3v) is 8.66. The number of aromatic nitrogens is 4. The Hall–Kier alpha value is -3.89. The highest BCUT2D eigenvalue weighted by molar-refractivity contribution is 7.19. The van der Waals surface area contributed by atoms with Crippen LogP contribution in [0.25, 0.3) is 27.5 Å². The molecule has 200 valence electrons. The third kappa shape index (κ3) is 4.86. The second-order valence-electron chi connectivity index (χ2n) is 10.3. The zero-order chi connectivity index (χ0) is 27.1. The van der Waals surface area contributed by atoms with Gasteiger partial charge >= 0.3 is 0 Å². The number of likely N-dealkylation sites (tertiary alicyclic amines) is 1. The Morgan fingerprint density at radius 1 is 1.10 bits per heavy atom. The molecule has 1 aliphatic heterocycles. The molecule has 0 unspecified atom stereocenters. The molecular formula is C29H31N7O2S. The first kappa shape index (κ1) is 25.4. The zero-order valence-corrected chi connectivity index (χ0v) is 23.2. The Labute approximate surface area is 231 Å². The molecule has 9 nitrogen and oxygen atoms in total. The first-order chi connectivity index (χ1) is 18.9. The van der Waals surface area contributed by atoms with Crippen LogP contribution in [0.4, 0.5) is 5.13 Å². The third-order valence-electron chi connectivity index (χ3n) is 7.64. The van der Waals surface area contributed by atoms with Gasteiger partial charge in [-0.3, -0.25) is 14.6 Å². The lowest BCUT2D eigenvalue weighted by Gasteiger charge is -2.35. The molecule has 1 fully saturated rings. The number of piperidine rings is 1. The summed E-state index contributed by atoms with van der Waals surface area (Å²) in [7, 11) is 4.04. The highest BCUT2D eigenvalue weighted by Gasteiger charge is 2.30. The van der Waals surface area contributed by atoms with Gasteiger partial charge < -0.3 is 15.1 Å². The van der Waals surface area contributed by atoms with E-state index < -0.39 is 0 Å². The van der Waals surface area contributed by atoms with Crippen molar-refractivity contribution in [3.05, 3.63) is 65.6 Å². The highest BCUT2D eigenvalue weighted by Crippen LogP contribution is 2.44. The van der Waals surface area contributed by atoms with Crippen molar-refractivity contribution in [2.45, 2.75) is 38.6 Å². The van der Waals surface area contributed by atoms with E-state index >= 15 is 0 Å². The number of carbonyl (C=O) groups is 2. The number of rotatable bonds is 5. The van der Waals surface area contributed by atoms with Crippen LogP contribution in [0, 0.1) is 0 Å². The first-order valence-corrected chi connectivity index (χ1v) is 14.1. The topological polar surface area (TPSA) is 96.2 Å². The minimum Gasteiger partial charge on any atom is -0.339 e. The number of nitrogens with zero attached hydrogens (tertiary/aromatic N) is 6. The average Bonchev–Trinajstić information content (AvgIpc) is 3.54. The minimum absolute atomic E-state index is 0.0411. The van der Waals surface area contributed by atoms with Gasteiger partial charge in [-0.05, 0) is 82.2 Å². The summed E-state index contributed by atoms with van der Waals surface area (Å²) in [5.74, 6) is -0.101. The van der Waals surface area contributed by atoms with Gasteiger partial charge in [0.15, 0.2) is 5.13 Å². The predicted molar refractivity (Wildman–Crippen MR) is 152 cm³/mol. The maximum absolute atomic E-state index is 13.3. The highest BCUT2D eigenvalue weighted by atomic mass is 32.1. The largest absolute Gasteiger partial charge is 0.339 e. The SMILES string of the molecule is CC(=O)Nc1nc2c(s1)-c1c(c(-c3cccnc3)nn1-c1ccc(C(=O)N(C)C3CCN(C)CC3)cc1)CC2. The fourth-order valence-corrected chi connectivity index (χ4v) is 6.61. The first-order valence-electron chi connectivity index (χ1n) is 13.2. The Kier molecular flexibility index (Phi) is 6.74. The van der Waals surface area contributed by atoms with Crippen LogP contribution in [-0.2, 0) is 17.6 Å². The van der Waals surface area contributed by atoms with Crippen molar-refractivity contribution >= 4 is 28.3 Å². The summed E-state index contributed by atoms with van der Waals surface area (Å²) < 4.78 is 1.94. The van der Waals surface area contributed by atoms with E-state index in [0.717, 1.165) is 77.5 Å². The summed E-state index contributed by atoms with van der Waals surface area (Å²) in [6, 6.07) is 11.9. The van der Waals surface area contributed by atoms with E-state index in [0.29, 0.717) is 10.7 Å². The van der Waals surface area contributed by atoms with Crippen molar-refractivity contribution < 1.29 is 9.59 Å². The van der Waals surface area contributed by atoms with Crippen LogP contribution in [0.5, 0.6) is 0 Å². The van der Waals surface area contributed by atoms with Crippen molar-refractivity contribution in [2.24, 2.45) is 0 Å². The molecule has 4 aromatic rings. The molecule has 39 heavy (non-hydrogen) atoms. The maximum atomic E-state index is 13.3. The van der Waals surface area contributed by atoms with Crippen molar-refractivity contribution in [1.82, 2.24) is 29.5 Å². The second-order valence-corrected chi connectivity index (χ2v) is 11.3. The molecule has 0 saturated carbocycles. The number of thiazole rings is 1. The molecule has 1 aliphatic carbocycles. The number of pyridine rings is 1. The average molecular weight is 542 g/mol. The number of anilines is 1. The molecule has 1 saturated heterocycles. The number of amides is 2. The van der Waals surface area contributed by atoms with Crippen LogP contribution in [0.3, 0.4) is 0 Å². The fourth-order valence-electron chi connectivity index (χ4n) is 5.49. The molecule has 0 spiro atoms. The minimum atomic E-state index is -0.142. The summed E-state index contributed by atoms with van der Waals surface area (Å²) in [5.41, 5.74) is 6.45. The van der Waals surface area contributed by atoms with Crippen LogP contribution in [-0.4, -0.2) is 74.6 Å². The lowest BCUT2D eigenvalue weighted by Crippen LogP contribution is -2.44. The molecule has 10 heteroatoms. The quantitative estimate of drug-likeness (QED) is 0.405. The molecule has 2 aliphatic rings. The van der Waals surface area contributed by atoms with Crippen molar-refractivity contribution in [1.29, 1.82) is 0 Å². The lowest BCUT2D eigenvalue weighted by atomic mass is 9.95. The van der Waals surface area contributed by atoms with Gasteiger partial charge in [0.25, 0.3) is 5.91 Å². The van der Waals surface area contributed by atoms with Crippen molar-refractivity contribution in [3.8, 4) is 27.5 Å². The molecule has 1 aromatic carbocycles. The zero-order valence-electron chi connectivity index (χ0n) is 22.3. The molecule has 0 bridgehead atoms. The summed E-state index contributed by atoms with van der Waals surface area (Å²) in [6.45, 7) is 3.51. The van der Waals surface area contributed by atoms with Gasteiger partial charge in [0.1, 0.15) is 0 Å². The fraction of sp³-hybridized carbons (Fsp3) is 0.345. The van der Waals surface area contributed by atoms with Gasteiger partial charge in [0, 0.05) is 49.1 Å². The number of hydrogen-bond donors (Lipinski definition) is 1. The molecule has 4 heterocycles. The van der Waals surface area contributed by atoms with Gasteiger partial charge in [-0.1, -0.05) is 11.3 Å². The van der Waals surface area contributed by atoms with Gasteiger partial charge in [-0.25, -0.2) is 9.67 Å². The number of carbonyl (C=O) groups excluding carboxylic acids is 2. The smallest absolute Gasteiger partial charge is 0.253 e. The number of nitrogens with one attached hydrogen (secondary N) is 1. The molecule has 0 radical (unpaired) electrons. The predicted octanol–water partition coefficient (Wildman–Crippen LogP) is 4.28. The van der Waals surface area contributed by atoms with Crippen LogP contribution in [0.15, 0.2) is 48.8 Å². The van der Waals surface area contributed by atoms with E-state index in [4.69, 9.17) is 10.1 Å². The van der Waals surface area contributed by atoms with E-state index in [9.17, 15) is 9.59 Å². The van der Waals surface area contributed by atoms with Crippen LogP contribution >= 0.6 is 11.3 Å². The van der Waals surface area contributed by atoms with E-state index in [-0.39, 0.29) is 17.9 Å². The molecule has 3 aromatic heterocycles. The summed E-state index contributed by atoms with van der Waals surface area (Å²) in [5, 5.41) is 8.49. The van der Waals surface area contributed by atoms with E-state index in [1.807, 2.05) is 59.2 Å². The number of benzene rings is 1. The van der Waals surface area contributed by atoms with Gasteiger partial charge in [-0.2, -0.15) is 5.10 Å². The number of fused-ring (bicyclic) bond motifs is 3. The summed E-state index contributed by atoms with van der Waals surface area (Å²) in [6.07, 6.45) is 7.13. The van der Waals surface area contributed by atoms with Gasteiger partial charge in [-0.15, -0.1) is 0 Å². The Bertz CT molecular complexity index is 1520. The maximum Gasteiger partial charge on any atom is 0.253 e. The van der Waals surface area contributed by atoms with Gasteiger partial charge in [0.05, 0.1) is 27.6 Å². The normalized spacial score (nSPS) is 15.5. The Morgan fingerprint density at radius 3 is 2.56 bits per heavy atom. The summed E-state index contributed by atoms with van der Waals surface area (Å²) in [4.78, 5) is 39.2. The molecule has 6 rings (SSSR count). The molecule has 2 amide bonds. The van der Waals surface area contributed by atoms with E-state index in [2.05, 4.69) is 22.2 Å².